The first-order chi connectivity index (χ1) is 15.3. The maximum Gasteiger partial charge on any atom is 0.434 e. The first-order valence-corrected chi connectivity index (χ1v) is 11.1. The van der Waals surface area contributed by atoms with E-state index in [9.17, 15) is 18.0 Å². The largest absolute Gasteiger partial charge is 0.480 e. The molecule has 7 nitrogen and oxygen atoms in total. The van der Waals surface area contributed by atoms with E-state index < -0.39 is 23.3 Å². The van der Waals surface area contributed by atoms with Crippen LogP contribution in [0.1, 0.15) is 61.0 Å². The molecule has 4 aliphatic carbocycles. The molecule has 4 saturated carbocycles. The zero-order chi connectivity index (χ0) is 22.5. The fraction of sp³-hybridized carbons (Fsp3) is 0.636. The molecule has 0 aromatic carbocycles. The van der Waals surface area contributed by atoms with Gasteiger partial charge in [-0.1, -0.05) is 0 Å². The normalized spacial score (nSPS) is 28.7. The van der Waals surface area contributed by atoms with Gasteiger partial charge in [0.1, 0.15) is 0 Å². The predicted molar refractivity (Wildman–Crippen MR) is 108 cm³/mol. The first-order valence-electron chi connectivity index (χ1n) is 11.1. The summed E-state index contributed by atoms with van der Waals surface area (Å²) in [5, 5.41) is 13.9. The Morgan fingerprint density at radius 3 is 2.34 bits per heavy atom. The molecule has 4 aliphatic rings. The summed E-state index contributed by atoms with van der Waals surface area (Å²) < 4.78 is 47.0. The molecular formula is C22H26F3N5O2. The molecular weight excluding hydrogens is 423 g/mol. The van der Waals surface area contributed by atoms with Crippen LogP contribution >= 0.6 is 0 Å². The van der Waals surface area contributed by atoms with Crippen LogP contribution < -0.4 is 10.1 Å². The summed E-state index contributed by atoms with van der Waals surface area (Å²) in [5.41, 5.74) is -1.43. The summed E-state index contributed by atoms with van der Waals surface area (Å²) >= 11 is 0. The van der Waals surface area contributed by atoms with Crippen molar-refractivity contribution in [3.05, 3.63) is 29.6 Å². The molecule has 2 aromatic rings. The molecule has 1 amide bonds. The van der Waals surface area contributed by atoms with Crippen molar-refractivity contribution < 1.29 is 22.7 Å². The van der Waals surface area contributed by atoms with Crippen molar-refractivity contribution in [3.8, 4) is 11.7 Å². The Kier molecular flexibility index (Phi) is 5.13. The van der Waals surface area contributed by atoms with Crippen LogP contribution in [0.4, 0.5) is 13.2 Å². The highest BCUT2D eigenvalue weighted by atomic mass is 19.4. The molecule has 0 spiro atoms. The predicted octanol–water partition coefficient (Wildman–Crippen LogP) is 4.03. The van der Waals surface area contributed by atoms with E-state index in [1.807, 2.05) is 0 Å². The van der Waals surface area contributed by atoms with Gasteiger partial charge in [0.2, 0.25) is 5.88 Å². The standard InChI is InChI=1S/C22H26F3N5O2/c1-32-18-3-2-17(28-29-18)30-19(22(23,24)25)16(12-27-30)20(31)26-5-4-21-9-13-6-14(10-21)8-15(7-13)11-21/h2-3,12-15H,4-11H2,1H3,(H,26,31). The van der Waals surface area contributed by atoms with Gasteiger partial charge in [-0.15, -0.1) is 10.2 Å². The smallest absolute Gasteiger partial charge is 0.434 e. The van der Waals surface area contributed by atoms with Crippen molar-refractivity contribution in [2.75, 3.05) is 13.7 Å². The third-order valence-electron chi connectivity index (χ3n) is 7.44. The average Bonchev–Trinajstić information content (AvgIpc) is 3.18. The average molecular weight is 449 g/mol. The van der Waals surface area contributed by atoms with Gasteiger partial charge in [-0.2, -0.15) is 18.3 Å². The van der Waals surface area contributed by atoms with Gasteiger partial charge in [0, 0.05) is 12.6 Å². The van der Waals surface area contributed by atoms with Crippen molar-refractivity contribution in [1.82, 2.24) is 25.3 Å². The van der Waals surface area contributed by atoms with Crippen molar-refractivity contribution in [2.45, 2.75) is 51.1 Å². The van der Waals surface area contributed by atoms with E-state index in [0.29, 0.717) is 11.2 Å². The number of rotatable bonds is 6. The highest BCUT2D eigenvalue weighted by Crippen LogP contribution is 2.61. The van der Waals surface area contributed by atoms with Gasteiger partial charge in [0.05, 0.1) is 18.9 Å². The zero-order valence-electron chi connectivity index (χ0n) is 17.9. The van der Waals surface area contributed by atoms with Crippen LogP contribution in [0, 0.1) is 23.2 Å². The molecule has 0 radical (unpaired) electrons. The van der Waals surface area contributed by atoms with Crippen LogP contribution in [0.3, 0.4) is 0 Å². The minimum Gasteiger partial charge on any atom is -0.480 e. The number of alkyl halides is 3. The number of halogens is 3. The van der Waals surface area contributed by atoms with E-state index in [1.165, 1.54) is 57.8 Å². The van der Waals surface area contributed by atoms with Gasteiger partial charge in [-0.05, 0) is 74.2 Å². The molecule has 172 valence electrons. The number of carbonyl (C=O) groups is 1. The van der Waals surface area contributed by atoms with Gasteiger partial charge < -0.3 is 10.1 Å². The van der Waals surface area contributed by atoms with E-state index >= 15 is 0 Å². The Labute approximate surface area is 183 Å². The maximum atomic E-state index is 13.8. The Balaban J connectivity index is 1.31. The molecule has 6 rings (SSSR count). The molecule has 0 atom stereocenters. The molecule has 4 bridgehead atoms. The monoisotopic (exact) mass is 449 g/mol. The second-order valence-corrected chi connectivity index (χ2v) is 9.67. The summed E-state index contributed by atoms with van der Waals surface area (Å²) in [6.45, 7) is 0.371. The highest BCUT2D eigenvalue weighted by Gasteiger charge is 2.50. The molecule has 0 saturated heterocycles. The van der Waals surface area contributed by atoms with Crippen LogP contribution in [0.2, 0.25) is 0 Å². The van der Waals surface area contributed by atoms with Gasteiger partial charge >= 0.3 is 6.18 Å². The lowest BCUT2D eigenvalue weighted by atomic mass is 9.49. The molecule has 0 unspecified atom stereocenters. The van der Waals surface area contributed by atoms with Crippen LogP contribution in [0.25, 0.3) is 5.82 Å². The van der Waals surface area contributed by atoms with Crippen molar-refractivity contribution in [3.63, 3.8) is 0 Å². The molecule has 4 fully saturated rings. The molecule has 2 aromatic heterocycles. The molecule has 32 heavy (non-hydrogen) atoms. The third-order valence-corrected chi connectivity index (χ3v) is 7.44. The second-order valence-electron chi connectivity index (χ2n) is 9.67. The van der Waals surface area contributed by atoms with E-state index in [4.69, 9.17) is 4.74 Å². The second kappa shape index (κ2) is 7.74. The first kappa shape index (κ1) is 21.2. The van der Waals surface area contributed by atoms with Gasteiger partial charge in [0.25, 0.3) is 5.91 Å². The van der Waals surface area contributed by atoms with E-state index in [-0.39, 0.29) is 17.1 Å². The van der Waals surface area contributed by atoms with E-state index in [2.05, 4.69) is 20.6 Å². The number of nitrogens with zero attached hydrogens (tertiary/aromatic N) is 4. The molecule has 10 heteroatoms. The molecule has 0 aliphatic heterocycles. The lowest BCUT2D eigenvalue weighted by Gasteiger charge is -2.57. The number of hydrogen-bond acceptors (Lipinski definition) is 5. The van der Waals surface area contributed by atoms with Crippen LogP contribution in [-0.4, -0.2) is 39.5 Å². The lowest BCUT2D eigenvalue weighted by molar-refractivity contribution is -0.143. The van der Waals surface area contributed by atoms with Crippen LogP contribution in [0.15, 0.2) is 18.3 Å². The van der Waals surface area contributed by atoms with Crippen LogP contribution in [-0.2, 0) is 6.18 Å². The Morgan fingerprint density at radius 2 is 1.81 bits per heavy atom. The van der Waals surface area contributed by atoms with E-state index in [1.54, 1.807) is 0 Å². The topological polar surface area (TPSA) is 81.9 Å². The number of nitrogens with one attached hydrogen (secondary N) is 1. The van der Waals surface area contributed by atoms with E-state index in [0.717, 1.165) is 30.4 Å². The number of amides is 1. The maximum absolute atomic E-state index is 13.8. The number of carbonyl (C=O) groups excluding carboxylic acids is 1. The Morgan fingerprint density at radius 1 is 1.16 bits per heavy atom. The van der Waals surface area contributed by atoms with Crippen molar-refractivity contribution in [1.29, 1.82) is 0 Å². The van der Waals surface area contributed by atoms with Crippen molar-refractivity contribution >= 4 is 5.91 Å². The van der Waals surface area contributed by atoms with Crippen LogP contribution in [0.5, 0.6) is 5.88 Å². The Hall–Kier alpha value is -2.65. The number of methoxy groups -OCH3 is 1. The summed E-state index contributed by atoms with van der Waals surface area (Å²) in [6.07, 6.45) is 4.53. The summed E-state index contributed by atoms with van der Waals surface area (Å²) in [6, 6.07) is 2.69. The number of aromatic nitrogens is 4. The lowest BCUT2D eigenvalue weighted by Crippen LogP contribution is -2.47. The van der Waals surface area contributed by atoms with Gasteiger partial charge in [-0.25, -0.2) is 4.68 Å². The summed E-state index contributed by atoms with van der Waals surface area (Å²) in [5.74, 6) is 1.62. The Bertz CT molecular complexity index is 967. The number of hydrogen-bond donors (Lipinski definition) is 1. The van der Waals surface area contributed by atoms with Gasteiger partial charge in [0.15, 0.2) is 11.5 Å². The zero-order valence-corrected chi connectivity index (χ0v) is 17.9. The van der Waals surface area contributed by atoms with Crippen molar-refractivity contribution in [2.24, 2.45) is 23.2 Å². The fourth-order valence-corrected chi connectivity index (χ4v) is 6.63. The summed E-state index contributed by atoms with van der Waals surface area (Å²) in [4.78, 5) is 12.7. The van der Waals surface area contributed by atoms with Gasteiger partial charge in [-0.3, -0.25) is 4.79 Å². The number of ether oxygens (including phenoxy) is 1. The quantitative estimate of drug-likeness (QED) is 0.720. The fourth-order valence-electron chi connectivity index (χ4n) is 6.63. The SMILES string of the molecule is COc1ccc(-n2ncc(C(=O)NCCC34CC5CC(CC(C5)C3)C4)c2C(F)(F)F)nn1. The molecule has 1 N–H and O–H groups in total. The third kappa shape index (κ3) is 3.84. The highest BCUT2D eigenvalue weighted by molar-refractivity contribution is 5.95. The summed E-state index contributed by atoms with van der Waals surface area (Å²) in [7, 11) is 1.38. The minimum absolute atomic E-state index is 0.147. The minimum atomic E-state index is -4.79. The molecule has 2 heterocycles.